The molecular formula is C15H17F3N2. The van der Waals surface area contributed by atoms with E-state index in [1.165, 1.54) is 12.1 Å². The lowest BCUT2D eigenvalue weighted by molar-refractivity contribution is -0.137. The van der Waals surface area contributed by atoms with Gasteiger partial charge in [-0.15, -0.1) is 0 Å². The van der Waals surface area contributed by atoms with Crippen molar-refractivity contribution in [3.8, 4) is 11.8 Å². The van der Waals surface area contributed by atoms with Crippen molar-refractivity contribution in [3.63, 3.8) is 0 Å². The third-order valence-electron chi connectivity index (χ3n) is 3.18. The van der Waals surface area contributed by atoms with Crippen LogP contribution in [0, 0.1) is 11.8 Å². The molecule has 1 fully saturated rings. The summed E-state index contributed by atoms with van der Waals surface area (Å²) in [5, 5.41) is 3.25. The van der Waals surface area contributed by atoms with E-state index in [0.29, 0.717) is 18.5 Å². The van der Waals surface area contributed by atoms with Crippen LogP contribution in [0.3, 0.4) is 0 Å². The van der Waals surface area contributed by atoms with Crippen LogP contribution in [0.25, 0.3) is 0 Å². The maximum Gasteiger partial charge on any atom is 0.416 e. The summed E-state index contributed by atoms with van der Waals surface area (Å²) in [4.78, 5) is 2.23. The van der Waals surface area contributed by atoms with Gasteiger partial charge < -0.3 is 5.32 Å². The zero-order chi connectivity index (χ0) is 14.4. The minimum absolute atomic E-state index is 0.357. The molecule has 1 aromatic rings. The molecule has 1 N–H and O–H groups in total. The zero-order valence-corrected chi connectivity index (χ0v) is 11.1. The van der Waals surface area contributed by atoms with Gasteiger partial charge in [0.25, 0.3) is 0 Å². The molecule has 108 valence electrons. The topological polar surface area (TPSA) is 15.3 Å². The van der Waals surface area contributed by atoms with Gasteiger partial charge in [-0.3, -0.25) is 4.90 Å². The summed E-state index contributed by atoms with van der Waals surface area (Å²) in [5.74, 6) is 5.98. The molecule has 0 amide bonds. The van der Waals surface area contributed by atoms with Crippen LogP contribution >= 0.6 is 0 Å². The first-order valence-electron chi connectivity index (χ1n) is 6.60. The summed E-state index contributed by atoms with van der Waals surface area (Å²) in [5.41, 5.74) is -0.00783. The molecule has 20 heavy (non-hydrogen) atoms. The highest BCUT2D eigenvalue weighted by atomic mass is 19.4. The number of nitrogens with one attached hydrogen (secondary N) is 1. The molecule has 0 bridgehead atoms. The number of benzene rings is 1. The molecular weight excluding hydrogens is 265 g/mol. The van der Waals surface area contributed by atoms with Crippen LogP contribution in [0.15, 0.2) is 24.3 Å². The van der Waals surface area contributed by atoms with Gasteiger partial charge in [-0.25, -0.2) is 0 Å². The SMILES string of the molecule is FC(F)(F)c1cccc(CC#CCN2CCNCC2)c1. The number of hydrogen-bond donors (Lipinski definition) is 1. The Hall–Kier alpha value is -1.51. The fourth-order valence-corrected chi connectivity index (χ4v) is 2.06. The molecule has 5 heteroatoms. The van der Waals surface area contributed by atoms with E-state index in [1.807, 2.05) is 0 Å². The maximum absolute atomic E-state index is 12.6. The molecule has 0 radical (unpaired) electrons. The third kappa shape index (κ3) is 4.55. The molecule has 0 aromatic heterocycles. The Morgan fingerprint density at radius 3 is 2.60 bits per heavy atom. The van der Waals surface area contributed by atoms with Gasteiger partial charge in [0.15, 0.2) is 0 Å². The van der Waals surface area contributed by atoms with Crippen molar-refractivity contribution >= 4 is 0 Å². The molecule has 0 unspecified atom stereocenters. The van der Waals surface area contributed by atoms with Gasteiger partial charge in [-0.1, -0.05) is 30.0 Å². The summed E-state index contributed by atoms with van der Waals surface area (Å²) in [7, 11) is 0. The van der Waals surface area contributed by atoms with Gasteiger partial charge in [0.1, 0.15) is 0 Å². The molecule has 0 spiro atoms. The fourth-order valence-electron chi connectivity index (χ4n) is 2.06. The second-order valence-corrected chi connectivity index (χ2v) is 4.75. The van der Waals surface area contributed by atoms with Crippen molar-refractivity contribution in [2.24, 2.45) is 0 Å². The minimum Gasteiger partial charge on any atom is -0.314 e. The average molecular weight is 282 g/mol. The van der Waals surface area contributed by atoms with Crippen LogP contribution in [0.2, 0.25) is 0 Å². The van der Waals surface area contributed by atoms with E-state index in [4.69, 9.17) is 0 Å². The molecule has 0 atom stereocenters. The third-order valence-corrected chi connectivity index (χ3v) is 3.18. The van der Waals surface area contributed by atoms with Gasteiger partial charge in [0.2, 0.25) is 0 Å². The zero-order valence-electron chi connectivity index (χ0n) is 11.1. The van der Waals surface area contributed by atoms with Crippen molar-refractivity contribution in [1.82, 2.24) is 10.2 Å². The second kappa shape index (κ2) is 6.78. The van der Waals surface area contributed by atoms with E-state index >= 15 is 0 Å². The van der Waals surface area contributed by atoms with Gasteiger partial charge in [0.05, 0.1) is 12.1 Å². The Morgan fingerprint density at radius 1 is 1.15 bits per heavy atom. The van der Waals surface area contributed by atoms with E-state index in [-0.39, 0.29) is 0 Å². The Kier molecular flexibility index (Phi) is 5.05. The number of piperazine rings is 1. The largest absolute Gasteiger partial charge is 0.416 e. The highest BCUT2D eigenvalue weighted by molar-refractivity contribution is 5.28. The Bertz CT molecular complexity index is 494. The van der Waals surface area contributed by atoms with E-state index in [9.17, 15) is 13.2 Å². The quantitative estimate of drug-likeness (QED) is 0.836. The molecule has 2 rings (SSSR count). The van der Waals surface area contributed by atoms with Crippen LogP contribution in [0.4, 0.5) is 13.2 Å². The number of rotatable bonds is 2. The van der Waals surface area contributed by atoms with E-state index < -0.39 is 11.7 Å². The van der Waals surface area contributed by atoms with Crippen molar-refractivity contribution in [2.45, 2.75) is 12.6 Å². The smallest absolute Gasteiger partial charge is 0.314 e. The molecule has 1 aromatic carbocycles. The Labute approximate surface area is 117 Å². The van der Waals surface area contributed by atoms with Gasteiger partial charge in [0, 0.05) is 32.6 Å². The molecule has 1 saturated heterocycles. The summed E-state index contributed by atoms with van der Waals surface area (Å²) in [6, 6.07) is 5.35. The summed E-state index contributed by atoms with van der Waals surface area (Å²) in [6.07, 6.45) is -3.93. The van der Waals surface area contributed by atoms with Crippen LogP contribution in [-0.4, -0.2) is 37.6 Å². The first-order chi connectivity index (χ1) is 9.55. The lowest BCUT2D eigenvalue weighted by Crippen LogP contribution is -2.43. The average Bonchev–Trinajstić information content (AvgIpc) is 2.44. The predicted octanol–water partition coefficient (Wildman–Crippen LogP) is 2.16. The van der Waals surface area contributed by atoms with Crippen molar-refractivity contribution in [3.05, 3.63) is 35.4 Å². The highest BCUT2D eigenvalue weighted by Crippen LogP contribution is 2.29. The van der Waals surface area contributed by atoms with Gasteiger partial charge in [-0.05, 0) is 11.6 Å². The second-order valence-electron chi connectivity index (χ2n) is 4.75. The number of alkyl halides is 3. The van der Waals surface area contributed by atoms with Crippen LogP contribution in [0.5, 0.6) is 0 Å². The summed E-state index contributed by atoms with van der Waals surface area (Å²) < 4.78 is 37.7. The highest BCUT2D eigenvalue weighted by Gasteiger charge is 2.30. The fraction of sp³-hybridized carbons (Fsp3) is 0.467. The van der Waals surface area contributed by atoms with E-state index in [2.05, 4.69) is 22.1 Å². The number of hydrogen-bond acceptors (Lipinski definition) is 2. The lowest BCUT2D eigenvalue weighted by atomic mass is 10.1. The van der Waals surface area contributed by atoms with Gasteiger partial charge in [-0.2, -0.15) is 13.2 Å². The number of nitrogens with zero attached hydrogens (tertiary/aromatic N) is 1. The van der Waals surface area contributed by atoms with Crippen molar-refractivity contribution < 1.29 is 13.2 Å². The monoisotopic (exact) mass is 282 g/mol. The van der Waals surface area contributed by atoms with Gasteiger partial charge >= 0.3 is 6.18 Å². The molecule has 0 aliphatic carbocycles. The maximum atomic E-state index is 12.6. The van der Waals surface area contributed by atoms with Crippen molar-refractivity contribution in [1.29, 1.82) is 0 Å². The van der Waals surface area contributed by atoms with E-state index in [0.717, 1.165) is 32.2 Å². The lowest BCUT2D eigenvalue weighted by Gasteiger charge is -2.24. The first-order valence-corrected chi connectivity index (χ1v) is 6.60. The number of halogens is 3. The normalized spacial score (nSPS) is 16.6. The van der Waals surface area contributed by atoms with Crippen molar-refractivity contribution in [2.75, 3.05) is 32.7 Å². The molecule has 1 aliphatic heterocycles. The Morgan fingerprint density at radius 2 is 1.90 bits per heavy atom. The first kappa shape index (κ1) is 14.9. The standard InChI is InChI=1S/C15H17F3N2/c16-15(17,18)14-6-3-5-13(12-14)4-1-2-9-20-10-7-19-8-11-20/h3,5-6,12,19H,4,7-11H2. The van der Waals surface area contributed by atoms with Crippen LogP contribution < -0.4 is 5.32 Å². The summed E-state index contributed by atoms with van der Waals surface area (Å²) >= 11 is 0. The Balaban J connectivity index is 1.88. The van der Waals surface area contributed by atoms with Crippen LogP contribution in [0.1, 0.15) is 11.1 Å². The van der Waals surface area contributed by atoms with Crippen LogP contribution in [-0.2, 0) is 12.6 Å². The molecule has 1 heterocycles. The predicted molar refractivity (Wildman–Crippen MR) is 72.2 cm³/mol. The minimum atomic E-state index is -4.29. The molecule has 2 nitrogen and oxygen atoms in total. The van der Waals surface area contributed by atoms with E-state index in [1.54, 1.807) is 6.07 Å². The molecule has 0 saturated carbocycles. The molecule has 1 aliphatic rings. The summed E-state index contributed by atoms with van der Waals surface area (Å²) in [6.45, 7) is 4.56.